The number of nitrogens with zero attached hydrogens (tertiary/aromatic N) is 2. The fourth-order valence-electron chi connectivity index (χ4n) is 2.21. The van der Waals surface area contributed by atoms with E-state index in [4.69, 9.17) is 11.0 Å². The molecule has 1 unspecified atom stereocenters. The number of rotatable bonds is 3. The molecule has 0 spiro atoms. The maximum absolute atomic E-state index is 12.2. The smallest absolute Gasteiger partial charge is 0.171 e. The lowest BCUT2D eigenvalue weighted by Crippen LogP contribution is -2.48. The molecule has 20 heavy (non-hydrogen) atoms. The fraction of sp³-hybridized carbons (Fsp3) is 0.462. The first-order chi connectivity index (χ1) is 9.49. The quantitative estimate of drug-likeness (QED) is 0.850. The van der Waals surface area contributed by atoms with Gasteiger partial charge in [0.25, 0.3) is 0 Å². The maximum Gasteiger partial charge on any atom is 0.171 e. The summed E-state index contributed by atoms with van der Waals surface area (Å²) in [6.07, 6.45) is 0. The van der Waals surface area contributed by atoms with Crippen LogP contribution in [0.4, 0.5) is 11.4 Å². The van der Waals surface area contributed by atoms with E-state index in [0.717, 1.165) is 5.75 Å². The van der Waals surface area contributed by atoms with Gasteiger partial charge in [0.05, 0.1) is 23.0 Å². The zero-order valence-electron chi connectivity index (χ0n) is 11.2. The lowest BCUT2D eigenvalue weighted by atomic mass is 10.1. The number of nitriles is 1. The molecule has 1 aliphatic rings. The van der Waals surface area contributed by atoms with Crippen molar-refractivity contribution in [2.75, 3.05) is 34.4 Å². The third-order valence-electron chi connectivity index (χ3n) is 3.37. The molecule has 1 heterocycles. The van der Waals surface area contributed by atoms with Gasteiger partial charge in [-0.25, -0.2) is 8.42 Å². The highest BCUT2D eigenvalue weighted by Crippen LogP contribution is 2.32. The Morgan fingerprint density at radius 3 is 2.95 bits per heavy atom. The van der Waals surface area contributed by atoms with Crippen LogP contribution in [0.1, 0.15) is 12.5 Å². The molecular weight excluding hydrogens is 294 g/mol. The van der Waals surface area contributed by atoms with Crippen LogP contribution in [0, 0.1) is 11.3 Å². The number of nitrogens with two attached hydrogens (primary N) is 1. The van der Waals surface area contributed by atoms with Crippen LogP contribution in [0.15, 0.2) is 18.2 Å². The van der Waals surface area contributed by atoms with E-state index in [9.17, 15) is 8.42 Å². The van der Waals surface area contributed by atoms with E-state index in [2.05, 4.69) is 6.07 Å². The van der Waals surface area contributed by atoms with Gasteiger partial charge in [0.15, 0.2) is 9.84 Å². The zero-order valence-corrected chi connectivity index (χ0v) is 12.9. The largest absolute Gasteiger partial charge is 0.397 e. The number of nitrogen functional groups attached to an aromatic ring is 1. The predicted molar refractivity (Wildman–Crippen MR) is 83.5 cm³/mol. The highest BCUT2D eigenvalue weighted by molar-refractivity contribution is 8.01. The average molecular weight is 311 g/mol. The molecule has 1 aromatic rings. The van der Waals surface area contributed by atoms with Crippen LogP contribution in [0.2, 0.25) is 0 Å². The molecular formula is C13H17N3O2S2. The van der Waals surface area contributed by atoms with Crippen molar-refractivity contribution in [3.05, 3.63) is 23.8 Å². The number of hydrogen-bond acceptors (Lipinski definition) is 6. The second-order valence-electron chi connectivity index (χ2n) is 4.56. The molecule has 1 saturated heterocycles. The summed E-state index contributed by atoms with van der Waals surface area (Å²) in [6, 6.07) is 7.03. The summed E-state index contributed by atoms with van der Waals surface area (Å²) in [5.41, 5.74) is 7.61. The zero-order chi connectivity index (χ0) is 14.8. The van der Waals surface area contributed by atoms with Crippen LogP contribution in [-0.2, 0) is 9.84 Å². The van der Waals surface area contributed by atoms with E-state index in [1.165, 1.54) is 0 Å². The average Bonchev–Trinajstić information content (AvgIpc) is 2.48. The summed E-state index contributed by atoms with van der Waals surface area (Å²) in [6.45, 7) is 2.27. The van der Waals surface area contributed by atoms with Crippen molar-refractivity contribution in [3.8, 4) is 6.07 Å². The number of hydrogen-bond donors (Lipinski definition) is 1. The molecule has 7 heteroatoms. The minimum absolute atomic E-state index is 0.104. The monoisotopic (exact) mass is 311 g/mol. The van der Waals surface area contributed by atoms with Gasteiger partial charge < -0.3 is 10.6 Å². The third kappa shape index (κ3) is 2.86. The van der Waals surface area contributed by atoms with Gasteiger partial charge in [0, 0.05) is 23.8 Å². The van der Waals surface area contributed by atoms with Gasteiger partial charge in [-0.3, -0.25) is 0 Å². The van der Waals surface area contributed by atoms with Crippen LogP contribution >= 0.6 is 11.8 Å². The first kappa shape index (κ1) is 15.0. The van der Waals surface area contributed by atoms with Crippen molar-refractivity contribution in [3.63, 3.8) is 0 Å². The van der Waals surface area contributed by atoms with Crippen LogP contribution in [-0.4, -0.2) is 37.6 Å². The minimum atomic E-state index is -3.19. The molecule has 1 fully saturated rings. The van der Waals surface area contributed by atoms with Gasteiger partial charge >= 0.3 is 0 Å². The molecule has 0 radical (unpaired) electrons. The summed E-state index contributed by atoms with van der Waals surface area (Å²) in [5.74, 6) is 1.49. The molecule has 1 aliphatic heterocycles. The van der Waals surface area contributed by atoms with E-state index in [1.54, 1.807) is 36.9 Å². The molecule has 108 valence electrons. The van der Waals surface area contributed by atoms with Crippen molar-refractivity contribution in [1.29, 1.82) is 5.26 Å². The second kappa shape index (κ2) is 5.94. The number of thioether (sulfide) groups is 1. The van der Waals surface area contributed by atoms with Crippen molar-refractivity contribution in [2.24, 2.45) is 0 Å². The van der Waals surface area contributed by atoms with Crippen LogP contribution in [0.3, 0.4) is 0 Å². The SMILES string of the molecule is CCS(=O)(=O)C1CSCCN1c1cc(C#N)ccc1N. The Kier molecular flexibility index (Phi) is 4.45. The summed E-state index contributed by atoms with van der Waals surface area (Å²) in [5, 5.41) is 8.42. The second-order valence-corrected chi connectivity index (χ2v) is 8.16. The molecule has 0 saturated carbocycles. The van der Waals surface area contributed by atoms with Gasteiger partial charge in [-0.05, 0) is 18.2 Å². The highest BCUT2D eigenvalue weighted by Gasteiger charge is 2.33. The Balaban J connectivity index is 2.46. The maximum atomic E-state index is 12.2. The standard InChI is InChI=1S/C13H17N3O2S2/c1-2-20(17,18)13-9-19-6-5-16(13)12-7-10(8-14)3-4-11(12)15/h3-4,7,13H,2,5-6,9,15H2,1H3. The Morgan fingerprint density at radius 2 is 2.30 bits per heavy atom. The Labute approximate surface area is 123 Å². The molecule has 1 atom stereocenters. The van der Waals surface area contributed by atoms with Gasteiger partial charge in [-0.1, -0.05) is 6.92 Å². The van der Waals surface area contributed by atoms with Crippen molar-refractivity contribution < 1.29 is 8.42 Å². The van der Waals surface area contributed by atoms with Crippen LogP contribution in [0.25, 0.3) is 0 Å². The first-order valence-corrected chi connectivity index (χ1v) is 9.22. The van der Waals surface area contributed by atoms with E-state index in [0.29, 0.717) is 29.2 Å². The highest BCUT2D eigenvalue weighted by atomic mass is 32.2. The van der Waals surface area contributed by atoms with E-state index < -0.39 is 15.2 Å². The van der Waals surface area contributed by atoms with Gasteiger partial charge in [0.1, 0.15) is 5.37 Å². The van der Waals surface area contributed by atoms with Gasteiger partial charge in [-0.15, -0.1) is 0 Å². The van der Waals surface area contributed by atoms with Crippen molar-refractivity contribution in [1.82, 2.24) is 0 Å². The Bertz CT molecular complexity index is 638. The summed E-state index contributed by atoms with van der Waals surface area (Å²) in [7, 11) is -3.19. The molecule has 0 aliphatic carbocycles. The minimum Gasteiger partial charge on any atom is -0.397 e. The molecule has 0 bridgehead atoms. The third-order valence-corrected chi connectivity index (χ3v) is 6.66. The van der Waals surface area contributed by atoms with E-state index >= 15 is 0 Å². The van der Waals surface area contributed by atoms with E-state index in [-0.39, 0.29) is 5.75 Å². The molecule has 0 aromatic heterocycles. The predicted octanol–water partition coefficient (Wildman–Crippen LogP) is 1.45. The molecule has 2 N–H and O–H groups in total. The Hall–Kier alpha value is -1.39. The lowest BCUT2D eigenvalue weighted by Gasteiger charge is -2.37. The Morgan fingerprint density at radius 1 is 1.55 bits per heavy atom. The summed E-state index contributed by atoms with van der Waals surface area (Å²) in [4.78, 5) is 1.82. The van der Waals surface area contributed by atoms with Crippen molar-refractivity contribution >= 4 is 33.0 Å². The van der Waals surface area contributed by atoms with Crippen LogP contribution < -0.4 is 10.6 Å². The van der Waals surface area contributed by atoms with Crippen molar-refractivity contribution in [2.45, 2.75) is 12.3 Å². The van der Waals surface area contributed by atoms with Gasteiger partial charge in [-0.2, -0.15) is 17.0 Å². The molecule has 1 aromatic carbocycles. The number of benzene rings is 1. The topological polar surface area (TPSA) is 87.2 Å². The molecule has 5 nitrogen and oxygen atoms in total. The fourth-order valence-corrected chi connectivity index (χ4v) is 5.19. The van der Waals surface area contributed by atoms with E-state index in [1.807, 2.05) is 4.90 Å². The summed E-state index contributed by atoms with van der Waals surface area (Å²) < 4.78 is 24.5. The number of sulfone groups is 1. The molecule has 0 amide bonds. The normalized spacial score (nSPS) is 19.6. The van der Waals surface area contributed by atoms with Gasteiger partial charge in [0.2, 0.25) is 0 Å². The summed E-state index contributed by atoms with van der Waals surface area (Å²) >= 11 is 1.63. The first-order valence-electron chi connectivity index (χ1n) is 6.35. The molecule has 2 rings (SSSR count). The number of anilines is 2. The lowest BCUT2D eigenvalue weighted by molar-refractivity contribution is 0.580. The van der Waals surface area contributed by atoms with Crippen LogP contribution in [0.5, 0.6) is 0 Å².